The van der Waals surface area contributed by atoms with Crippen LogP contribution in [-0.4, -0.2) is 24.7 Å². The van der Waals surface area contributed by atoms with Crippen LogP contribution in [-0.2, 0) is 11.2 Å². The molecule has 0 amide bonds. The predicted molar refractivity (Wildman–Crippen MR) is 75.0 cm³/mol. The van der Waals surface area contributed by atoms with E-state index in [1.165, 1.54) is 6.07 Å². The molecule has 0 aliphatic carbocycles. The van der Waals surface area contributed by atoms with Crippen LogP contribution < -0.4 is 5.32 Å². The Hall–Kier alpha value is -1.78. The first-order chi connectivity index (χ1) is 9.83. The molecule has 20 heavy (non-hydrogen) atoms. The van der Waals surface area contributed by atoms with Crippen molar-refractivity contribution < 1.29 is 9.13 Å². The van der Waals surface area contributed by atoms with Crippen LogP contribution in [0.2, 0.25) is 0 Å². The molecule has 2 heterocycles. The van der Waals surface area contributed by atoms with Gasteiger partial charge in [0.2, 0.25) is 0 Å². The third-order valence-electron chi connectivity index (χ3n) is 3.42. The molecule has 0 spiro atoms. The average Bonchev–Trinajstić information content (AvgIpc) is 2.51. The summed E-state index contributed by atoms with van der Waals surface area (Å²) in [5, 5.41) is 3.29. The second-order valence-electron chi connectivity index (χ2n) is 4.89. The second-order valence-corrected chi connectivity index (χ2v) is 4.89. The fraction of sp³-hybridized carbons (Fsp3) is 0.312. The van der Waals surface area contributed by atoms with Gasteiger partial charge in [0.15, 0.2) is 0 Å². The van der Waals surface area contributed by atoms with E-state index < -0.39 is 0 Å². The zero-order valence-corrected chi connectivity index (χ0v) is 11.2. The number of nitrogens with zero attached hydrogens (tertiary/aromatic N) is 1. The van der Waals surface area contributed by atoms with E-state index in [1.54, 1.807) is 12.1 Å². The SMILES string of the molecule is Fc1ccccc1Cc1cccc(C2CNCCO2)n1. The average molecular weight is 272 g/mol. The van der Waals surface area contributed by atoms with Crippen molar-refractivity contribution in [2.24, 2.45) is 0 Å². The summed E-state index contributed by atoms with van der Waals surface area (Å²) in [7, 11) is 0. The molecule has 2 aromatic rings. The zero-order chi connectivity index (χ0) is 13.8. The van der Waals surface area contributed by atoms with Gasteiger partial charge in [0.1, 0.15) is 11.9 Å². The lowest BCUT2D eigenvalue weighted by molar-refractivity contribution is 0.0249. The fourth-order valence-corrected chi connectivity index (χ4v) is 2.37. The molecule has 0 saturated carbocycles. The summed E-state index contributed by atoms with van der Waals surface area (Å²) >= 11 is 0. The molecule has 1 unspecified atom stereocenters. The Kier molecular flexibility index (Phi) is 4.04. The summed E-state index contributed by atoms with van der Waals surface area (Å²) in [6, 6.07) is 12.7. The molecule has 4 heteroatoms. The van der Waals surface area contributed by atoms with Crippen LogP contribution >= 0.6 is 0 Å². The summed E-state index contributed by atoms with van der Waals surface area (Å²) in [6.45, 7) is 2.35. The summed E-state index contributed by atoms with van der Waals surface area (Å²) in [5.41, 5.74) is 2.44. The van der Waals surface area contributed by atoms with Crippen LogP contribution in [0.3, 0.4) is 0 Å². The van der Waals surface area contributed by atoms with Gasteiger partial charge in [-0.2, -0.15) is 0 Å². The zero-order valence-electron chi connectivity index (χ0n) is 11.2. The van der Waals surface area contributed by atoms with Crippen molar-refractivity contribution >= 4 is 0 Å². The van der Waals surface area contributed by atoms with E-state index in [0.29, 0.717) is 18.6 Å². The lowest BCUT2D eigenvalue weighted by Gasteiger charge is -2.23. The van der Waals surface area contributed by atoms with Gasteiger partial charge >= 0.3 is 0 Å². The summed E-state index contributed by atoms with van der Waals surface area (Å²) in [5.74, 6) is -0.185. The highest BCUT2D eigenvalue weighted by Crippen LogP contribution is 2.18. The van der Waals surface area contributed by atoms with Crippen LogP contribution in [0, 0.1) is 5.82 Å². The highest BCUT2D eigenvalue weighted by molar-refractivity contribution is 5.24. The molecule has 1 N–H and O–H groups in total. The Labute approximate surface area is 117 Å². The second kappa shape index (κ2) is 6.11. The maximum atomic E-state index is 13.7. The van der Waals surface area contributed by atoms with Crippen LogP contribution in [0.5, 0.6) is 0 Å². The van der Waals surface area contributed by atoms with Gasteiger partial charge in [-0.25, -0.2) is 4.39 Å². The van der Waals surface area contributed by atoms with E-state index in [4.69, 9.17) is 4.74 Å². The van der Waals surface area contributed by atoms with Gasteiger partial charge < -0.3 is 10.1 Å². The molecule has 1 aromatic heterocycles. The van der Waals surface area contributed by atoms with Gasteiger partial charge in [-0.05, 0) is 23.8 Å². The normalized spacial score (nSPS) is 18.9. The molecule has 1 aliphatic rings. The number of halogens is 1. The van der Waals surface area contributed by atoms with E-state index in [-0.39, 0.29) is 11.9 Å². The molecule has 1 saturated heterocycles. The van der Waals surface area contributed by atoms with Crippen molar-refractivity contribution in [3.05, 3.63) is 65.2 Å². The van der Waals surface area contributed by atoms with Crippen LogP contribution in [0.25, 0.3) is 0 Å². The number of ether oxygens (including phenoxy) is 1. The van der Waals surface area contributed by atoms with Gasteiger partial charge in [0, 0.05) is 25.2 Å². The maximum absolute atomic E-state index is 13.7. The van der Waals surface area contributed by atoms with E-state index in [9.17, 15) is 4.39 Å². The van der Waals surface area contributed by atoms with Crippen molar-refractivity contribution in [1.82, 2.24) is 10.3 Å². The summed E-state index contributed by atoms with van der Waals surface area (Å²) < 4.78 is 19.4. The highest BCUT2D eigenvalue weighted by Gasteiger charge is 2.17. The third-order valence-corrected chi connectivity index (χ3v) is 3.42. The first-order valence-corrected chi connectivity index (χ1v) is 6.84. The van der Waals surface area contributed by atoms with Crippen LogP contribution in [0.4, 0.5) is 4.39 Å². The van der Waals surface area contributed by atoms with Crippen molar-refractivity contribution in [2.45, 2.75) is 12.5 Å². The van der Waals surface area contributed by atoms with E-state index >= 15 is 0 Å². The Morgan fingerprint density at radius 2 is 2.10 bits per heavy atom. The largest absolute Gasteiger partial charge is 0.369 e. The number of rotatable bonds is 3. The minimum atomic E-state index is -0.185. The predicted octanol–water partition coefficient (Wildman–Crippen LogP) is 2.47. The molecule has 1 aromatic carbocycles. The molecule has 3 nitrogen and oxygen atoms in total. The topological polar surface area (TPSA) is 34.1 Å². The number of nitrogens with one attached hydrogen (secondary N) is 1. The lowest BCUT2D eigenvalue weighted by Crippen LogP contribution is -2.33. The number of pyridine rings is 1. The first-order valence-electron chi connectivity index (χ1n) is 6.84. The molecule has 1 aliphatic heterocycles. The standard InChI is InChI=1S/C16H17FN2O/c17-14-6-2-1-4-12(14)10-13-5-3-7-15(19-13)16-11-18-8-9-20-16/h1-7,16,18H,8-11H2. The molecule has 1 fully saturated rings. The van der Waals surface area contributed by atoms with Gasteiger partial charge in [-0.1, -0.05) is 24.3 Å². The number of aromatic nitrogens is 1. The van der Waals surface area contributed by atoms with Crippen LogP contribution in [0.1, 0.15) is 23.1 Å². The summed E-state index contributed by atoms with van der Waals surface area (Å²) in [6.07, 6.45) is 0.491. The molecular weight excluding hydrogens is 255 g/mol. The minimum absolute atomic E-state index is 0.00989. The van der Waals surface area contributed by atoms with Crippen molar-refractivity contribution in [1.29, 1.82) is 0 Å². The van der Waals surface area contributed by atoms with Crippen molar-refractivity contribution in [2.75, 3.05) is 19.7 Å². The number of hydrogen-bond acceptors (Lipinski definition) is 3. The smallest absolute Gasteiger partial charge is 0.126 e. The van der Waals surface area contributed by atoms with E-state index in [2.05, 4.69) is 10.3 Å². The quantitative estimate of drug-likeness (QED) is 0.932. The molecule has 1 atom stereocenters. The number of hydrogen-bond donors (Lipinski definition) is 1. The number of benzene rings is 1. The van der Waals surface area contributed by atoms with Gasteiger partial charge in [-0.3, -0.25) is 4.98 Å². The first kappa shape index (κ1) is 13.2. The third kappa shape index (κ3) is 3.03. The van der Waals surface area contributed by atoms with Crippen molar-refractivity contribution in [3.8, 4) is 0 Å². The Morgan fingerprint density at radius 1 is 1.20 bits per heavy atom. The van der Waals surface area contributed by atoms with Gasteiger partial charge in [-0.15, -0.1) is 0 Å². The van der Waals surface area contributed by atoms with Crippen LogP contribution in [0.15, 0.2) is 42.5 Å². The molecule has 0 radical (unpaired) electrons. The van der Waals surface area contributed by atoms with E-state index in [1.807, 2.05) is 24.3 Å². The van der Waals surface area contributed by atoms with Crippen molar-refractivity contribution in [3.63, 3.8) is 0 Å². The molecular formula is C16H17FN2O. The lowest BCUT2D eigenvalue weighted by atomic mass is 10.1. The number of morpholine rings is 1. The maximum Gasteiger partial charge on any atom is 0.126 e. The Morgan fingerprint density at radius 3 is 2.90 bits per heavy atom. The van der Waals surface area contributed by atoms with E-state index in [0.717, 1.165) is 24.5 Å². The highest BCUT2D eigenvalue weighted by atomic mass is 19.1. The summed E-state index contributed by atoms with van der Waals surface area (Å²) in [4.78, 5) is 4.60. The Bertz CT molecular complexity index is 582. The molecule has 0 bridgehead atoms. The molecule has 3 rings (SSSR count). The fourth-order valence-electron chi connectivity index (χ4n) is 2.37. The van der Waals surface area contributed by atoms with Gasteiger partial charge in [0.25, 0.3) is 0 Å². The Balaban J connectivity index is 1.79. The molecule has 104 valence electrons. The minimum Gasteiger partial charge on any atom is -0.369 e. The van der Waals surface area contributed by atoms with Gasteiger partial charge in [0.05, 0.1) is 12.3 Å². The monoisotopic (exact) mass is 272 g/mol.